The topological polar surface area (TPSA) is 69.6 Å². The summed E-state index contributed by atoms with van der Waals surface area (Å²) in [6, 6.07) is 4.90. The number of halogens is 2. The van der Waals surface area contributed by atoms with Crippen LogP contribution in [0.15, 0.2) is 18.2 Å². The Morgan fingerprint density at radius 2 is 2.13 bits per heavy atom. The van der Waals surface area contributed by atoms with Crippen molar-refractivity contribution in [3.63, 3.8) is 0 Å². The molecule has 1 amide bonds. The number of likely N-dealkylation sites (tertiary alicyclic amines) is 1. The Kier molecular flexibility index (Phi) is 4.54. The van der Waals surface area contributed by atoms with Gasteiger partial charge in [-0.25, -0.2) is 0 Å². The second-order valence-electron chi connectivity index (χ2n) is 6.40. The number of amides is 1. The molecule has 2 fully saturated rings. The highest BCUT2D eigenvalue weighted by atomic mass is 35.5. The number of carboxylic acid groups (broad SMARTS) is 1. The molecule has 2 N–H and O–H groups in total. The fourth-order valence-corrected chi connectivity index (χ4v) is 4.14. The van der Waals surface area contributed by atoms with Gasteiger partial charge in [0.1, 0.15) is 0 Å². The molecule has 5 nitrogen and oxygen atoms in total. The Labute approximate surface area is 144 Å². The van der Waals surface area contributed by atoms with Gasteiger partial charge in [0.15, 0.2) is 0 Å². The van der Waals surface area contributed by atoms with Gasteiger partial charge in [-0.2, -0.15) is 0 Å². The lowest BCUT2D eigenvalue weighted by Gasteiger charge is -2.23. The lowest BCUT2D eigenvalue weighted by Crippen LogP contribution is -2.37. The number of aliphatic carboxylic acids is 1. The van der Waals surface area contributed by atoms with E-state index in [-0.39, 0.29) is 18.4 Å². The number of carbonyl (C=O) groups excluding carboxylic acids is 1. The van der Waals surface area contributed by atoms with Gasteiger partial charge in [0.25, 0.3) is 0 Å². The maximum Gasteiger partial charge on any atom is 0.311 e. The highest BCUT2D eigenvalue weighted by Gasteiger charge is 2.54. The molecule has 1 aliphatic carbocycles. The first-order valence-corrected chi connectivity index (χ1v) is 8.37. The molecule has 1 aromatic rings. The Hall–Kier alpha value is -1.30. The van der Waals surface area contributed by atoms with E-state index in [0.717, 1.165) is 12.8 Å². The molecule has 2 aliphatic rings. The van der Waals surface area contributed by atoms with Crippen molar-refractivity contribution in [2.24, 2.45) is 11.3 Å². The van der Waals surface area contributed by atoms with Gasteiger partial charge >= 0.3 is 5.97 Å². The zero-order chi connectivity index (χ0) is 16.6. The summed E-state index contributed by atoms with van der Waals surface area (Å²) in [4.78, 5) is 25.8. The minimum absolute atomic E-state index is 0.151. The molecule has 1 saturated heterocycles. The Morgan fingerprint density at radius 3 is 2.78 bits per heavy atom. The summed E-state index contributed by atoms with van der Waals surface area (Å²) < 4.78 is 0. The highest BCUT2D eigenvalue weighted by molar-refractivity contribution is 6.42. The van der Waals surface area contributed by atoms with Crippen LogP contribution in [0.1, 0.15) is 19.3 Å². The van der Waals surface area contributed by atoms with Gasteiger partial charge in [0.2, 0.25) is 5.91 Å². The van der Waals surface area contributed by atoms with Gasteiger partial charge in [0, 0.05) is 18.8 Å². The van der Waals surface area contributed by atoms with E-state index in [1.807, 2.05) is 4.90 Å². The van der Waals surface area contributed by atoms with Crippen LogP contribution in [0.3, 0.4) is 0 Å². The van der Waals surface area contributed by atoms with Gasteiger partial charge in [0.05, 0.1) is 22.0 Å². The third-order valence-corrected chi connectivity index (χ3v) is 5.68. The number of hydrogen-bond donors (Lipinski definition) is 2. The first-order valence-electron chi connectivity index (χ1n) is 7.61. The van der Waals surface area contributed by atoms with Gasteiger partial charge in [-0.3, -0.25) is 14.5 Å². The van der Waals surface area contributed by atoms with Crippen molar-refractivity contribution in [1.82, 2.24) is 4.90 Å². The minimum atomic E-state index is -0.729. The van der Waals surface area contributed by atoms with E-state index in [0.29, 0.717) is 35.2 Å². The summed E-state index contributed by atoms with van der Waals surface area (Å²) in [7, 11) is 0. The second-order valence-corrected chi connectivity index (χ2v) is 7.21. The van der Waals surface area contributed by atoms with Crippen molar-refractivity contribution in [1.29, 1.82) is 0 Å². The third-order valence-electron chi connectivity index (χ3n) is 4.94. The van der Waals surface area contributed by atoms with Gasteiger partial charge in [-0.1, -0.05) is 29.6 Å². The number of carbonyl (C=O) groups is 2. The fourth-order valence-electron chi connectivity index (χ4n) is 3.84. The highest BCUT2D eigenvalue weighted by Crippen LogP contribution is 2.48. The van der Waals surface area contributed by atoms with Gasteiger partial charge in [-0.05, 0) is 37.0 Å². The molecule has 23 heavy (non-hydrogen) atoms. The molecule has 1 saturated carbocycles. The maximum atomic E-state index is 12.2. The number of nitrogens with zero attached hydrogens (tertiary/aromatic N) is 1. The Morgan fingerprint density at radius 1 is 1.35 bits per heavy atom. The van der Waals surface area contributed by atoms with E-state index in [2.05, 4.69) is 5.32 Å². The molecule has 1 aliphatic heterocycles. The summed E-state index contributed by atoms with van der Waals surface area (Å²) in [6.07, 6.45) is 2.59. The molecule has 7 heteroatoms. The molecule has 0 radical (unpaired) electrons. The lowest BCUT2D eigenvalue weighted by atomic mass is 9.81. The average Bonchev–Trinajstić information content (AvgIpc) is 3.00. The number of hydrogen-bond acceptors (Lipinski definition) is 3. The second kappa shape index (κ2) is 6.30. The summed E-state index contributed by atoms with van der Waals surface area (Å²) >= 11 is 11.8. The van der Waals surface area contributed by atoms with Crippen LogP contribution in [0.25, 0.3) is 0 Å². The molecule has 0 aromatic heterocycles. The molecular formula is C16H18Cl2N2O3. The molecule has 0 unspecified atom stereocenters. The molecule has 124 valence electrons. The van der Waals surface area contributed by atoms with Crippen LogP contribution < -0.4 is 5.32 Å². The first-order chi connectivity index (χ1) is 10.9. The number of rotatable bonds is 4. The number of benzene rings is 1. The fraction of sp³-hybridized carbons (Fsp3) is 0.500. The quantitative estimate of drug-likeness (QED) is 0.869. The van der Waals surface area contributed by atoms with E-state index >= 15 is 0 Å². The molecule has 2 atom stereocenters. The first kappa shape index (κ1) is 16.6. The Bertz CT molecular complexity index is 652. The zero-order valence-corrected chi connectivity index (χ0v) is 14.0. The molecular weight excluding hydrogens is 339 g/mol. The lowest BCUT2D eigenvalue weighted by molar-refractivity contribution is -0.149. The predicted octanol–water partition coefficient (Wildman–Crippen LogP) is 3.12. The summed E-state index contributed by atoms with van der Waals surface area (Å²) in [5.74, 6) is -0.755. The monoisotopic (exact) mass is 356 g/mol. The number of anilines is 1. The van der Waals surface area contributed by atoms with Crippen molar-refractivity contribution in [2.75, 3.05) is 25.0 Å². The van der Waals surface area contributed by atoms with E-state index in [4.69, 9.17) is 23.2 Å². The van der Waals surface area contributed by atoms with E-state index in [1.54, 1.807) is 18.2 Å². The summed E-state index contributed by atoms with van der Waals surface area (Å²) in [5.41, 5.74) is -0.0825. The normalized spacial score (nSPS) is 27.0. The van der Waals surface area contributed by atoms with Crippen LogP contribution in [0.2, 0.25) is 10.0 Å². The van der Waals surface area contributed by atoms with Crippen LogP contribution in [-0.4, -0.2) is 41.5 Å². The van der Waals surface area contributed by atoms with Crippen molar-refractivity contribution in [3.8, 4) is 0 Å². The van der Waals surface area contributed by atoms with Crippen molar-refractivity contribution in [2.45, 2.75) is 19.3 Å². The smallest absolute Gasteiger partial charge is 0.311 e. The molecule has 1 heterocycles. The van der Waals surface area contributed by atoms with Crippen molar-refractivity contribution < 1.29 is 14.7 Å². The van der Waals surface area contributed by atoms with Crippen LogP contribution >= 0.6 is 23.2 Å². The standard InChI is InChI=1S/C16H18Cl2N2O3/c17-12-4-3-11(6-13(12)18)19-14(21)8-20-7-10-2-1-5-16(10,9-20)15(22)23/h3-4,6,10H,1-2,5,7-9H2,(H,19,21)(H,22,23)/t10-,16+/m0/s1. The van der Waals surface area contributed by atoms with E-state index in [1.165, 1.54) is 0 Å². The van der Waals surface area contributed by atoms with Crippen molar-refractivity contribution in [3.05, 3.63) is 28.2 Å². The van der Waals surface area contributed by atoms with E-state index < -0.39 is 11.4 Å². The predicted molar refractivity (Wildman–Crippen MR) is 88.9 cm³/mol. The number of fused-ring (bicyclic) bond motifs is 1. The number of nitrogens with one attached hydrogen (secondary N) is 1. The maximum absolute atomic E-state index is 12.2. The summed E-state index contributed by atoms with van der Waals surface area (Å²) in [5, 5.41) is 13.1. The van der Waals surface area contributed by atoms with Crippen LogP contribution in [-0.2, 0) is 9.59 Å². The van der Waals surface area contributed by atoms with E-state index in [9.17, 15) is 14.7 Å². The molecule has 3 rings (SSSR count). The number of carboxylic acids is 1. The van der Waals surface area contributed by atoms with Gasteiger partial charge < -0.3 is 10.4 Å². The van der Waals surface area contributed by atoms with Crippen LogP contribution in [0.5, 0.6) is 0 Å². The average molecular weight is 357 g/mol. The SMILES string of the molecule is O=C(CN1C[C@@H]2CCC[C@@]2(C(=O)O)C1)Nc1ccc(Cl)c(Cl)c1. The van der Waals surface area contributed by atoms with Crippen LogP contribution in [0.4, 0.5) is 5.69 Å². The molecule has 0 spiro atoms. The molecule has 0 bridgehead atoms. The zero-order valence-electron chi connectivity index (χ0n) is 12.5. The van der Waals surface area contributed by atoms with Crippen LogP contribution in [0, 0.1) is 11.3 Å². The third kappa shape index (κ3) is 3.18. The minimum Gasteiger partial charge on any atom is -0.481 e. The largest absolute Gasteiger partial charge is 0.481 e. The van der Waals surface area contributed by atoms with Crippen molar-refractivity contribution >= 4 is 40.8 Å². The van der Waals surface area contributed by atoms with Gasteiger partial charge in [-0.15, -0.1) is 0 Å². The molecule has 1 aromatic carbocycles. The summed E-state index contributed by atoms with van der Waals surface area (Å²) in [6.45, 7) is 1.30. The Balaban J connectivity index is 1.61.